The van der Waals surface area contributed by atoms with Gasteiger partial charge in [0, 0.05) is 17.6 Å². The van der Waals surface area contributed by atoms with Gasteiger partial charge in [-0.2, -0.15) is 0 Å². The van der Waals surface area contributed by atoms with E-state index in [2.05, 4.69) is 6.92 Å². The summed E-state index contributed by atoms with van der Waals surface area (Å²) >= 11 is 0. The minimum Gasteiger partial charge on any atom is -0.498 e. The van der Waals surface area contributed by atoms with Crippen LogP contribution < -0.4 is 0 Å². The van der Waals surface area contributed by atoms with E-state index < -0.39 is 0 Å². The smallest absolute Gasteiger partial charge is 0.189 e. The van der Waals surface area contributed by atoms with Gasteiger partial charge in [0.2, 0.25) is 0 Å². The highest BCUT2D eigenvalue weighted by Crippen LogP contribution is 2.22. The number of carbonyl (C=O) groups excluding carboxylic acids is 1. The first-order valence-electron chi connectivity index (χ1n) is 8.93. The van der Waals surface area contributed by atoms with Crippen LogP contribution in [0.5, 0.6) is 0 Å². The number of unbranched alkanes of at least 4 members (excludes halogenated alkanes) is 5. The highest BCUT2D eigenvalue weighted by molar-refractivity contribution is 6.08. The second-order valence-electron chi connectivity index (χ2n) is 6.14. The molecule has 0 saturated carbocycles. The van der Waals surface area contributed by atoms with Crippen LogP contribution in [-0.2, 0) is 4.74 Å². The Morgan fingerprint density at radius 2 is 1.70 bits per heavy atom. The summed E-state index contributed by atoms with van der Waals surface area (Å²) < 4.78 is 5.83. The maximum Gasteiger partial charge on any atom is 0.189 e. The van der Waals surface area contributed by atoms with E-state index in [1.807, 2.05) is 42.5 Å². The predicted octanol–water partition coefficient (Wildman–Crippen LogP) is 5.85. The Morgan fingerprint density at radius 3 is 2.39 bits per heavy atom. The number of Topliss-reactive ketones (excluding diaryl/α,β-unsaturated/α-hetero) is 1. The molecule has 0 radical (unpaired) electrons. The summed E-state index contributed by atoms with van der Waals surface area (Å²) in [7, 11) is 0. The molecule has 1 aliphatic carbocycles. The summed E-state index contributed by atoms with van der Waals surface area (Å²) in [5.74, 6) is 1.15. The number of hydrogen-bond acceptors (Lipinski definition) is 2. The van der Waals surface area contributed by atoms with Crippen LogP contribution in [-0.4, -0.2) is 12.4 Å². The van der Waals surface area contributed by atoms with Crippen molar-refractivity contribution in [1.29, 1.82) is 0 Å². The molecule has 2 nitrogen and oxygen atoms in total. The van der Waals surface area contributed by atoms with E-state index in [9.17, 15) is 4.79 Å². The number of allylic oxidation sites excluding steroid dienone is 4. The minimum absolute atomic E-state index is 0.136. The zero-order valence-electron chi connectivity index (χ0n) is 14.2. The molecule has 1 aromatic rings. The molecule has 0 aromatic heterocycles. The third-order valence-corrected chi connectivity index (χ3v) is 4.22. The van der Waals surface area contributed by atoms with Gasteiger partial charge < -0.3 is 4.74 Å². The van der Waals surface area contributed by atoms with Crippen molar-refractivity contribution in [3.05, 3.63) is 59.4 Å². The van der Waals surface area contributed by atoms with Gasteiger partial charge in [0.05, 0.1) is 12.4 Å². The predicted molar refractivity (Wildman–Crippen MR) is 95.5 cm³/mol. The van der Waals surface area contributed by atoms with E-state index in [1.54, 1.807) is 0 Å². The lowest BCUT2D eigenvalue weighted by atomic mass is 9.95. The van der Waals surface area contributed by atoms with Crippen molar-refractivity contribution in [1.82, 2.24) is 0 Å². The molecule has 2 rings (SSSR count). The zero-order valence-corrected chi connectivity index (χ0v) is 14.2. The Balaban J connectivity index is 1.72. The molecular formula is C21H28O2. The number of benzene rings is 1. The Hall–Kier alpha value is -1.83. The maximum atomic E-state index is 12.4. The fourth-order valence-corrected chi connectivity index (χ4v) is 2.79. The molecule has 0 fully saturated rings. The molecule has 23 heavy (non-hydrogen) atoms. The third kappa shape index (κ3) is 6.05. The van der Waals surface area contributed by atoms with Gasteiger partial charge in [0.25, 0.3) is 0 Å². The van der Waals surface area contributed by atoms with Crippen LogP contribution in [0, 0.1) is 0 Å². The van der Waals surface area contributed by atoms with Crippen molar-refractivity contribution in [2.45, 2.75) is 58.3 Å². The average molecular weight is 312 g/mol. The van der Waals surface area contributed by atoms with E-state index in [4.69, 9.17) is 4.74 Å². The van der Waals surface area contributed by atoms with Gasteiger partial charge in [0.1, 0.15) is 0 Å². The second kappa shape index (κ2) is 10.0. The fraction of sp³-hybridized carbons (Fsp3) is 0.476. The normalized spacial score (nSPS) is 14.1. The molecule has 0 spiro atoms. The number of hydrogen-bond donors (Lipinski definition) is 0. The maximum absolute atomic E-state index is 12.4. The van der Waals surface area contributed by atoms with Crippen LogP contribution in [0.2, 0.25) is 0 Å². The van der Waals surface area contributed by atoms with Gasteiger partial charge in [-0.3, -0.25) is 4.79 Å². The van der Waals surface area contributed by atoms with Gasteiger partial charge >= 0.3 is 0 Å². The van der Waals surface area contributed by atoms with Crippen molar-refractivity contribution < 1.29 is 9.53 Å². The molecular weight excluding hydrogens is 284 g/mol. The monoisotopic (exact) mass is 312 g/mol. The Bertz CT molecular complexity index is 540. The van der Waals surface area contributed by atoms with E-state index in [0.717, 1.165) is 42.8 Å². The van der Waals surface area contributed by atoms with Gasteiger partial charge in [-0.05, 0) is 18.9 Å². The van der Waals surface area contributed by atoms with Crippen molar-refractivity contribution in [2.24, 2.45) is 0 Å². The fourth-order valence-electron chi connectivity index (χ4n) is 2.79. The van der Waals surface area contributed by atoms with E-state index >= 15 is 0 Å². The third-order valence-electron chi connectivity index (χ3n) is 4.22. The summed E-state index contributed by atoms with van der Waals surface area (Å²) in [6.45, 7) is 3.04. The molecule has 1 aromatic carbocycles. The number of rotatable bonds is 10. The number of ketones is 1. The van der Waals surface area contributed by atoms with Crippen LogP contribution in [0.25, 0.3) is 0 Å². The summed E-state index contributed by atoms with van der Waals surface area (Å²) in [4.78, 5) is 12.4. The van der Waals surface area contributed by atoms with E-state index in [1.165, 1.54) is 32.1 Å². The summed E-state index contributed by atoms with van der Waals surface area (Å²) in [6, 6.07) is 9.48. The Labute approximate surface area is 140 Å². The van der Waals surface area contributed by atoms with Gasteiger partial charge in [-0.1, -0.05) is 75.4 Å². The molecule has 1 aliphatic rings. The molecule has 0 bridgehead atoms. The number of ether oxygens (including phenoxy) is 1. The summed E-state index contributed by atoms with van der Waals surface area (Å²) in [6.07, 6.45) is 13.2. The van der Waals surface area contributed by atoms with Crippen LogP contribution in [0.1, 0.15) is 68.6 Å². The lowest BCUT2D eigenvalue weighted by molar-refractivity contribution is 0.102. The molecule has 0 heterocycles. The zero-order chi connectivity index (χ0) is 16.3. The van der Waals surface area contributed by atoms with Crippen LogP contribution in [0.15, 0.2) is 53.8 Å². The first kappa shape index (κ1) is 17.5. The molecule has 2 heteroatoms. The average Bonchev–Trinajstić information content (AvgIpc) is 2.61. The molecule has 124 valence electrons. The van der Waals surface area contributed by atoms with Crippen LogP contribution in [0.3, 0.4) is 0 Å². The van der Waals surface area contributed by atoms with E-state index in [-0.39, 0.29) is 5.78 Å². The van der Waals surface area contributed by atoms with Crippen molar-refractivity contribution in [3.63, 3.8) is 0 Å². The lowest BCUT2D eigenvalue weighted by Crippen LogP contribution is -2.07. The lowest BCUT2D eigenvalue weighted by Gasteiger charge is -2.15. The van der Waals surface area contributed by atoms with Crippen molar-refractivity contribution in [2.75, 3.05) is 6.61 Å². The summed E-state index contributed by atoms with van der Waals surface area (Å²) in [5, 5.41) is 0. The van der Waals surface area contributed by atoms with Crippen LogP contribution in [0.4, 0.5) is 0 Å². The Kier molecular flexibility index (Phi) is 7.65. The SMILES string of the molecule is CCCCCCCCOC1=CC=C(C(=O)c2ccccc2)CC1. The standard InChI is InChI=1S/C21H28O2/c1-2-3-4-5-6-10-17-23-20-15-13-19(14-16-20)21(22)18-11-8-7-9-12-18/h7-9,11-13,15H,2-6,10,14,16-17H2,1H3. The molecule has 0 saturated heterocycles. The molecule has 0 atom stereocenters. The quantitative estimate of drug-likeness (QED) is 0.400. The highest BCUT2D eigenvalue weighted by Gasteiger charge is 2.15. The largest absolute Gasteiger partial charge is 0.498 e. The topological polar surface area (TPSA) is 26.3 Å². The molecule has 0 N–H and O–H groups in total. The second-order valence-corrected chi connectivity index (χ2v) is 6.14. The minimum atomic E-state index is 0.136. The van der Waals surface area contributed by atoms with Crippen LogP contribution >= 0.6 is 0 Å². The number of carbonyl (C=O) groups is 1. The van der Waals surface area contributed by atoms with Crippen molar-refractivity contribution >= 4 is 5.78 Å². The Morgan fingerprint density at radius 1 is 0.957 bits per heavy atom. The first-order valence-corrected chi connectivity index (χ1v) is 8.93. The van der Waals surface area contributed by atoms with Gasteiger partial charge in [-0.25, -0.2) is 0 Å². The van der Waals surface area contributed by atoms with E-state index in [0.29, 0.717) is 0 Å². The summed E-state index contributed by atoms with van der Waals surface area (Å²) in [5.41, 5.74) is 1.65. The van der Waals surface area contributed by atoms with Crippen molar-refractivity contribution in [3.8, 4) is 0 Å². The molecule has 0 unspecified atom stereocenters. The van der Waals surface area contributed by atoms with Gasteiger partial charge in [-0.15, -0.1) is 0 Å². The van der Waals surface area contributed by atoms with Gasteiger partial charge in [0.15, 0.2) is 5.78 Å². The molecule has 0 aliphatic heterocycles. The molecule has 0 amide bonds. The highest BCUT2D eigenvalue weighted by atomic mass is 16.5. The first-order chi connectivity index (χ1) is 11.3.